The van der Waals surface area contributed by atoms with Crippen molar-refractivity contribution in [2.75, 3.05) is 37.6 Å². The Hall–Kier alpha value is -2.34. The van der Waals surface area contributed by atoms with Gasteiger partial charge >= 0.3 is 0 Å². The molecular formula is C24H29ClN4O. The normalized spacial score (nSPS) is 22.6. The highest BCUT2D eigenvalue weighted by atomic mass is 35.5. The molecule has 0 spiro atoms. The summed E-state index contributed by atoms with van der Waals surface area (Å²) in [5.41, 5.74) is 1.53. The highest BCUT2D eigenvalue weighted by Crippen LogP contribution is 2.32. The SMILES string of the molecule is N#CCC(=O)/C=C/C1CCC(CCN2CCN(c3cccc(Cl)c3C#N)CC2)CC1. The number of nitrogens with zero attached hydrogens (tertiary/aromatic N) is 4. The Kier molecular flexibility index (Phi) is 8.31. The van der Waals surface area contributed by atoms with Gasteiger partial charge in [0.2, 0.25) is 0 Å². The third-order valence-corrected chi connectivity index (χ3v) is 6.68. The molecule has 6 heteroatoms. The van der Waals surface area contributed by atoms with Gasteiger partial charge in [-0.05, 0) is 68.7 Å². The van der Waals surface area contributed by atoms with E-state index in [1.165, 1.54) is 19.3 Å². The molecular weight excluding hydrogens is 396 g/mol. The maximum absolute atomic E-state index is 11.5. The molecule has 2 aliphatic rings. The van der Waals surface area contributed by atoms with Crippen LogP contribution in [0.25, 0.3) is 0 Å². The topological polar surface area (TPSA) is 71.1 Å². The van der Waals surface area contributed by atoms with E-state index in [9.17, 15) is 10.1 Å². The second-order valence-electron chi connectivity index (χ2n) is 8.30. The number of anilines is 1. The number of hydrogen-bond acceptors (Lipinski definition) is 5. The van der Waals surface area contributed by atoms with Crippen LogP contribution in [0.2, 0.25) is 5.02 Å². The predicted molar refractivity (Wildman–Crippen MR) is 119 cm³/mol. The van der Waals surface area contributed by atoms with Crippen LogP contribution < -0.4 is 4.90 Å². The molecule has 1 saturated heterocycles. The third-order valence-electron chi connectivity index (χ3n) is 6.37. The first kappa shape index (κ1) is 22.3. The summed E-state index contributed by atoms with van der Waals surface area (Å²) < 4.78 is 0. The molecule has 1 aromatic rings. The molecule has 0 atom stereocenters. The molecule has 1 saturated carbocycles. The molecule has 3 rings (SSSR count). The van der Waals surface area contributed by atoms with Gasteiger partial charge in [0.05, 0.1) is 28.8 Å². The maximum atomic E-state index is 11.5. The lowest BCUT2D eigenvalue weighted by molar-refractivity contribution is -0.113. The number of carbonyl (C=O) groups is 1. The average Bonchev–Trinajstić information content (AvgIpc) is 2.77. The standard InChI is InChI=1S/C24H29ClN4O/c25-23-2-1-3-24(22(23)18-27)29-16-14-28(15-17-29)13-11-20-6-4-19(5-7-20)8-9-21(30)10-12-26/h1-3,8-9,19-20H,4-7,10-11,13-17H2/b9-8+. The summed E-state index contributed by atoms with van der Waals surface area (Å²) in [7, 11) is 0. The number of nitriles is 2. The van der Waals surface area contributed by atoms with Gasteiger partial charge < -0.3 is 4.90 Å². The summed E-state index contributed by atoms with van der Waals surface area (Å²) >= 11 is 6.18. The van der Waals surface area contributed by atoms with Crippen molar-refractivity contribution in [3.8, 4) is 12.1 Å². The Labute approximate surface area is 184 Å². The molecule has 30 heavy (non-hydrogen) atoms. The fourth-order valence-corrected chi connectivity index (χ4v) is 4.73. The highest BCUT2D eigenvalue weighted by Gasteiger charge is 2.23. The van der Waals surface area contributed by atoms with E-state index in [-0.39, 0.29) is 12.2 Å². The fourth-order valence-electron chi connectivity index (χ4n) is 4.51. The Bertz CT molecular complexity index is 838. The minimum atomic E-state index is -0.0848. The van der Waals surface area contributed by atoms with Crippen LogP contribution in [0.15, 0.2) is 30.4 Å². The van der Waals surface area contributed by atoms with Gasteiger partial charge in [0.15, 0.2) is 5.78 Å². The second kappa shape index (κ2) is 11.2. The molecule has 0 amide bonds. The quantitative estimate of drug-likeness (QED) is 0.599. The Morgan fingerprint density at radius 1 is 1.13 bits per heavy atom. The van der Waals surface area contributed by atoms with Crippen molar-refractivity contribution in [3.63, 3.8) is 0 Å². The molecule has 5 nitrogen and oxygen atoms in total. The van der Waals surface area contributed by atoms with E-state index in [0.717, 1.165) is 57.2 Å². The Morgan fingerprint density at radius 2 is 1.87 bits per heavy atom. The molecule has 2 fully saturated rings. The van der Waals surface area contributed by atoms with Gasteiger partial charge in [-0.25, -0.2) is 0 Å². The van der Waals surface area contributed by atoms with Crippen molar-refractivity contribution in [1.29, 1.82) is 10.5 Å². The molecule has 1 aliphatic heterocycles. The molecule has 1 aromatic carbocycles. The molecule has 1 aliphatic carbocycles. The smallest absolute Gasteiger partial charge is 0.169 e. The van der Waals surface area contributed by atoms with Gasteiger partial charge in [-0.2, -0.15) is 10.5 Å². The van der Waals surface area contributed by atoms with Crippen molar-refractivity contribution in [1.82, 2.24) is 4.90 Å². The second-order valence-corrected chi connectivity index (χ2v) is 8.71. The number of ketones is 1. The molecule has 0 bridgehead atoms. The number of hydrogen-bond donors (Lipinski definition) is 0. The molecule has 0 aromatic heterocycles. The number of allylic oxidation sites excluding steroid dienone is 2. The van der Waals surface area contributed by atoms with Gasteiger partial charge in [0.25, 0.3) is 0 Å². The zero-order valence-corrected chi connectivity index (χ0v) is 18.2. The number of piperazine rings is 1. The minimum absolute atomic E-state index is 0.0196. The lowest BCUT2D eigenvalue weighted by Crippen LogP contribution is -2.47. The first-order chi connectivity index (χ1) is 14.6. The van der Waals surface area contributed by atoms with E-state index >= 15 is 0 Å². The average molecular weight is 425 g/mol. The Morgan fingerprint density at radius 3 is 2.53 bits per heavy atom. The largest absolute Gasteiger partial charge is 0.368 e. The fraction of sp³-hybridized carbons (Fsp3) is 0.542. The van der Waals surface area contributed by atoms with Gasteiger partial charge in [0, 0.05) is 26.2 Å². The summed E-state index contributed by atoms with van der Waals surface area (Å²) in [6.45, 7) is 4.99. The van der Waals surface area contributed by atoms with Crippen LogP contribution in [-0.2, 0) is 4.79 Å². The number of halogens is 1. The number of benzene rings is 1. The summed E-state index contributed by atoms with van der Waals surface area (Å²) in [4.78, 5) is 16.3. The monoisotopic (exact) mass is 424 g/mol. The first-order valence-corrected chi connectivity index (χ1v) is 11.2. The molecule has 158 valence electrons. The molecule has 0 N–H and O–H groups in total. The minimum Gasteiger partial charge on any atom is -0.368 e. The van der Waals surface area contributed by atoms with Crippen molar-refractivity contribution in [2.45, 2.75) is 38.5 Å². The van der Waals surface area contributed by atoms with E-state index in [2.05, 4.69) is 15.9 Å². The zero-order chi connectivity index (χ0) is 21.3. The van der Waals surface area contributed by atoms with Gasteiger partial charge in [-0.15, -0.1) is 0 Å². The van der Waals surface area contributed by atoms with Crippen LogP contribution in [0.3, 0.4) is 0 Å². The highest BCUT2D eigenvalue weighted by molar-refractivity contribution is 6.32. The third kappa shape index (κ3) is 6.08. The zero-order valence-electron chi connectivity index (χ0n) is 17.4. The van der Waals surface area contributed by atoms with Crippen LogP contribution in [0, 0.1) is 34.5 Å². The number of carbonyl (C=O) groups excluding carboxylic acids is 1. The van der Waals surface area contributed by atoms with Gasteiger partial charge in [-0.3, -0.25) is 9.69 Å². The van der Waals surface area contributed by atoms with Crippen molar-refractivity contribution in [3.05, 3.63) is 40.9 Å². The first-order valence-electron chi connectivity index (χ1n) is 10.8. The van der Waals surface area contributed by atoms with Gasteiger partial charge in [0.1, 0.15) is 6.07 Å². The van der Waals surface area contributed by atoms with Gasteiger partial charge in [-0.1, -0.05) is 23.7 Å². The van der Waals surface area contributed by atoms with E-state index in [1.807, 2.05) is 24.3 Å². The van der Waals surface area contributed by atoms with Crippen LogP contribution in [0.5, 0.6) is 0 Å². The van der Waals surface area contributed by atoms with E-state index in [1.54, 1.807) is 12.1 Å². The summed E-state index contributed by atoms with van der Waals surface area (Å²) in [5, 5.41) is 18.5. The summed E-state index contributed by atoms with van der Waals surface area (Å²) in [5.74, 6) is 1.17. The van der Waals surface area contributed by atoms with Crippen molar-refractivity contribution < 1.29 is 4.79 Å². The van der Waals surface area contributed by atoms with Crippen molar-refractivity contribution in [2.24, 2.45) is 11.8 Å². The van der Waals surface area contributed by atoms with Crippen LogP contribution >= 0.6 is 11.6 Å². The van der Waals surface area contributed by atoms with Crippen LogP contribution in [0.1, 0.15) is 44.1 Å². The van der Waals surface area contributed by atoms with Crippen LogP contribution in [-0.4, -0.2) is 43.4 Å². The van der Waals surface area contributed by atoms with E-state index < -0.39 is 0 Å². The maximum Gasteiger partial charge on any atom is 0.169 e. The number of rotatable bonds is 7. The summed E-state index contributed by atoms with van der Waals surface area (Å²) in [6, 6.07) is 9.81. The summed E-state index contributed by atoms with van der Waals surface area (Å²) in [6.07, 6.45) is 9.54. The van der Waals surface area contributed by atoms with E-state index in [4.69, 9.17) is 16.9 Å². The van der Waals surface area contributed by atoms with Crippen molar-refractivity contribution >= 4 is 23.1 Å². The predicted octanol–water partition coefficient (Wildman–Crippen LogP) is 4.57. The van der Waals surface area contributed by atoms with Crippen LogP contribution in [0.4, 0.5) is 5.69 Å². The molecule has 0 radical (unpaired) electrons. The Balaban J connectivity index is 1.38. The lowest BCUT2D eigenvalue weighted by atomic mass is 9.80. The molecule has 0 unspecified atom stereocenters. The lowest BCUT2D eigenvalue weighted by Gasteiger charge is -2.37. The van der Waals surface area contributed by atoms with E-state index in [0.29, 0.717) is 16.5 Å². The molecule has 1 heterocycles.